The Morgan fingerprint density at radius 2 is 2.00 bits per heavy atom. The number of likely N-dealkylation sites (N-methyl/N-ethyl adjacent to an activating group) is 1. The van der Waals surface area contributed by atoms with Gasteiger partial charge in [0.15, 0.2) is 0 Å². The molecule has 1 aromatic carbocycles. The van der Waals surface area contributed by atoms with E-state index in [1.807, 2.05) is 12.6 Å². The molecule has 0 amide bonds. The molecule has 1 heterocycles. The van der Waals surface area contributed by atoms with E-state index in [4.69, 9.17) is 0 Å². The molecular formula is C13H16N2S. The predicted molar refractivity (Wildman–Crippen MR) is 69.9 cm³/mol. The molecule has 1 N–H and O–H groups in total. The van der Waals surface area contributed by atoms with Crippen molar-refractivity contribution in [2.45, 2.75) is 13.3 Å². The molecule has 2 rings (SSSR count). The van der Waals surface area contributed by atoms with Gasteiger partial charge in [-0.15, -0.1) is 11.3 Å². The fourth-order valence-corrected chi connectivity index (χ4v) is 2.48. The molecule has 16 heavy (non-hydrogen) atoms. The van der Waals surface area contributed by atoms with Crippen LogP contribution < -0.4 is 5.32 Å². The van der Waals surface area contributed by atoms with Gasteiger partial charge in [0.05, 0.1) is 16.1 Å². The normalized spacial score (nSPS) is 10.6. The average Bonchev–Trinajstić information content (AvgIpc) is 2.75. The van der Waals surface area contributed by atoms with Crippen LogP contribution in [-0.2, 0) is 6.42 Å². The van der Waals surface area contributed by atoms with Gasteiger partial charge in [0, 0.05) is 13.0 Å². The summed E-state index contributed by atoms with van der Waals surface area (Å²) in [4.78, 5) is 5.73. The van der Waals surface area contributed by atoms with Gasteiger partial charge in [-0.05, 0) is 19.5 Å². The zero-order valence-electron chi connectivity index (χ0n) is 9.66. The third-order valence-electron chi connectivity index (χ3n) is 2.57. The molecule has 0 radical (unpaired) electrons. The third-order valence-corrected chi connectivity index (χ3v) is 3.48. The minimum absolute atomic E-state index is 0.975. The van der Waals surface area contributed by atoms with Gasteiger partial charge in [-0.25, -0.2) is 4.98 Å². The van der Waals surface area contributed by atoms with E-state index in [2.05, 4.69) is 41.5 Å². The fraction of sp³-hybridized carbons (Fsp3) is 0.308. The van der Waals surface area contributed by atoms with Crippen LogP contribution in [-0.4, -0.2) is 18.6 Å². The van der Waals surface area contributed by atoms with Crippen molar-refractivity contribution in [3.8, 4) is 10.4 Å². The second-order valence-corrected chi connectivity index (χ2v) is 4.70. The van der Waals surface area contributed by atoms with Crippen molar-refractivity contribution < 1.29 is 0 Å². The number of aromatic nitrogens is 1. The molecular weight excluding hydrogens is 216 g/mol. The van der Waals surface area contributed by atoms with Crippen molar-refractivity contribution in [3.63, 3.8) is 0 Å². The van der Waals surface area contributed by atoms with Crippen LogP contribution in [0.25, 0.3) is 10.4 Å². The zero-order valence-corrected chi connectivity index (χ0v) is 10.5. The second kappa shape index (κ2) is 5.23. The van der Waals surface area contributed by atoms with E-state index in [1.165, 1.54) is 21.7 Å². The third kappa shape index (κ3) is 2.49. The number of rotatable bonds is 4. The highest BCUT2D eigenvalue weighted by atomic mass is 32.1. The van der Waals surface area contributed by atoms with Crippen LogP contribution in [0.2, 0.25) is 0 Å². The molecule has 0 unspecified atom stereocenters. The molecule has 0 bridgehead atoms. The van der Waals surface area contributed by atoms with Gasteiger partial charge in [-0.2, -0.15) is 0 Å². The van der Waals surface area contributed by atoms with Crippen molar-refractivity contribution in [2.24, 2.45) is 0 Å². The summed E-state index contributed by atoms with van der Waals surface area (Å²) in [6.45, 7) is 3.08. The van der Waals surface area contributed by atoms with Crippen LogP contribution >= 0.6 is 11.3 Å². The summed E-state index contributed by atoms with van der Waals surface area (Å²) in [5, 5.41) is 3.16. The van der Waals surface area contributed by atoms with Crippen molar-refractivity contribution in [1.29, 1.82) is 0 Å². The maximum Gasteiger partial charge on any atom is 0.0801 e. The first-order valence-electron chi connectivity index (χ1n) is 5.45. The van der Waals surface area contributed by atoms with Crippen LogP contribution in [0.15, 0.2) is 29.8 Å². The lowest BCUT2D eigenvalue weighted by Gasteiger charge is -2.03. The quantitative estimate of drug-likeness (QED) is 0.876. The number of benzene rings is 1. The summed E-state index contributed by atoms with van der Waals surface area (Å²) >= 11 is 1.72. The fourth-order valence-electron chi connectivity index (χ4n) is 1.63. The number of aryl methyl sites for hydroxylation is 1. The molecule has 1 aromatic heterocycles. The molecule has 0 saturated carbocycles. The van der Waals surface area contributed by atoms with Gasteiger partial charge in [-0.3, -0.25) is 0 Å². The topological polar surface area (TPSA) is 24.9 Å². The monoisotopic (exact) mass is 232 g/mol. The van der Waals surface area contributed by atoms with Crippen LogP contribution in [0, 0.1) is 6.92 Å². The van der Waals surface area contributed by atoms with Gasteiger partial charge < -0.3 is 5.32 Å². The van der Waals surface area contributed by atoms with E-state index in [9.17, 15) is 0 Å². The Labute approximate surface area is 100 Å². The first-order chi connectivity index (χ1) is 7.81. The standard InChI is InChI=1S/C13H16N2S/c1-10-3-5-11(6-4-10)13-12(7-8-14-2)15-9-16-13/h3-6,9,14H,7-8H2,1-2H3. The lowest BCUT2D eigenvalue weighted by atomic mass is 10.1. The Morgan fingerprint density at radius 1 is 1.25 bits per heavy atom. The first kappa shape index (κ1) is 11.3. The molecule has 0 spiro atoms. The largest absolute Gasteiger partial charge is 0.319 e. The van der Waals surface area contributed by atoms with Gasteiger partial charge >= 0.3 is 0 Å². The minimum atomic E-state index is 0.975. The molecule has 0 aliphatic carbocycles. The molecule has 0 saturated heterocycles. The van der Waals surface area contributed by atoms with Crippen LogP contribution in [0.1, 0.15) is 11.3 Å². The van der Waals surface area contributed by atoms with E-state index >= 15 is 0 Å². The van der Waals surface area contributed by atoms with E-state index in [-0.39, 0.29) is 0 Å². The van der Waals surface area contributed by atoms with Crippen molar-refractivity contribution in [3.05, 3.63) is 41.0 Å². The van der Waals surface area contributed by atoms with E-state index in [0.29, 0.717) is 0 Å². The van der Waals surface area contributed by atoms with Crippen molar-refractivity contribution >= 4 is 11.3 Å². The van der Waals surface area contributed by atoms with Gasteiger partial charge in [0.25, 0.3) is 0 Å². The average molecular weight is 232 g/mol. The molecule has 3 heteroatoms. The van der Waals surface area contributed by atoms with E-state index in [0.717, 1.165) is 13.0 Å². The highest BCUT2D eigenvalue weighted by Gasteiger charge is 2.07. The minimum Gasteiger partial charge on any atom is -0.319 e. The van der Waals surface area contributed by atoms with Crippen LogP contribution in [0.5, 0.6) is 0 Å². The predicted octanol–water partition coefficient (Wildman–Crippen LogP) is 2.88. The molecule has 0 fully saturated rings. The summed E-state index contributed by atoms with van der Waals surface area (Å²) in [5.41, 5.74) is 5.70. The number of hydrogen-bond acceptors (Lipinski definition) is 3. The summed E-state index contributed by atoms with van der Waals surface area (Å²) in [5.74, 6) is 0. The van der Waals surface area contributed by atoms with Gasteiger partial charge in [0.1, 0.15) is 0 Å². The molecule has 0 aliphatic rings. The number of nitrogens with one attached hydrogen (secondary N) is 1. The molecule has 0 atom stereocenters. The Balaban J connectivity index is 2.26. The highest BCUT2D eigenvalue weighted by Crippen LogP contribution is 2.27. The summed E-state index contributed by atoms with van der Waals surface area (Å²) < 4.78 is 0. The van der Waals surface area contributed by atoms with E-state index in [1.54, 1.807) is 11.3 Å². The summed E-state index contributed by atoms with van der Waals surface area (Å²) in [6.07, 6.45) is 0.989. The van der Waals surface area contributed by atoms with Crippen molar-refractivity contribution in [1.82, 2.24) is 10.3 Å². The number of hydrogen-bond donors (Lipinski definition) is 1. The molecule has 0 aliphatic heterocycles. The summed E-state index contributed by atoms with van der Waals surface area (Å²) in [7, 11) is 1.97. The van der Waals surface area contributed by atoms with Gasteiger partial charge in [-0.1, -0.05) is 29.8 Å². The second-order valence-electron chi connectivity index (χ2n) is 3.85. The SMILES string of the molecule is CNCCc1ncsc1-c1ccc(C)cc1. The van der Waals surface area contributed by atoms with Crippen molar-refractivity contribution in [2.75, 3.05) is 13.6 Å². The lowest BCUT2D eigenvalue weighted by Crippen LogP contribution is -2.10. The zero-order chi connectivity index (χ0) is 11.4. The Bertz CT molecular complexity index is 445. The lowest BCUT2D eigenvalue weighted by molar-refractivity contribution is 0.781. The molecule has 84 valence electrons. The maximum absolute atomic E-state index is 4.43. The number of thiazole rings is 1. The Morgan fingerprint density at radius 3 is 2.69 bits per heavy atom. The Kier molecular flexibility index (Phi) is 3.70. The first-order valence-corrected chi connectivity index (χ1v) is 6.33. The Hall–Kier alpha value is -1.19. The molecule has 2 nitrogen and oxygen atoms in total. The van der Waals surface area contributed by atoms with E-state index < -0.39 is 0 Å². The molecule has 2 aromatic rings. The van der Waals surface area contributed by atoms with Crippen LogP contribution in [0.4, 0.5) is 0 Å². The maximum atomic E-state index is 4.43. The van der Waals surface area contributed by atoms with Gasteiger partial charge in [0.2, 0.25) is 0 Å². The number of nitrogens with zero attached hydrogens (tertiary/aromatic N) is 1. The highest BCUT2D eigenvalue weighted by molar-refractivity contribution is 7.13. The summed E-state index contributed by atoms with van der Waals surface area (Å²) in [6, 6.07) is 8.64. The smallest absolute Gasteiger partial charge is 0.0801 e. The van der Waals surface area contributed by atoms with Crippen LogP contribution in [0.3, 0.4) is 0 Å².